The molecule has 2 heterocycles. The maximum absolute atomic E-state index is 11.2. The first-order valence-corrected chi connectivity index (χ1v) is 6.80. The molecule has 0 radical (unpaired) electrons. The summed E-state index contributed by atoms with van der Waals surface area (Å²) in [5.74, 6) is -0.974. The van der Waals surface area contributed by atoms with Gasteiger partial charge in [0.15, 0.2) is 12.0 Å². The molecule has 0 fully saturated rings. The van der Waals surface area contributed by atoms with Crippen LogP contribution in [-0.2, 0) is 6.54 Å². The Hall–Kier alpha value is -3.35. The molecule has 0 aliphatic heterocycles. The van der Waals surface area contributed by atoms with Gasteiger partial charge in [0, 0.05) is 18.0 Å². The van der Waals surface area contributed by atoms with Crippen molar-refractivity contribution >= 4 is 12.3 Å². The summed E-state index contributed by atoms with van der Waals surface area (Å²) in [5.41, 5.74) is 2.71. The molecule has 7 nitrogen and oxygen atoms in total. The van der Waals surface area contributed by atoms with Crippen LogP contribution in [0.5, 0.6) is 0 Å². The lowest BCUT2D eigenvalue weighted by molar-refractivity contribution is 0.0696. The zero-order valence-electron chi connectivity index (χ0n) is 12.0. The lowest BCUT2D eigenvalue weighted by Gasteiger charge is -2.07. The van der Waals surface area contributed by atoms with Gasteiger partial charge in [0.25, 0.3) is 0 Å². The predicted octanol–water partition coefficient (Wildman–Crippen LogP) is 1.90. The van der Waals surface area contributed by atoms with E-state index < -0.39 is 5.97 Å². The average Bonchev–Trinajstić information content (AvgIpc) is 2.99. The van der Waals surface area contributed by atoms with Gasteiger partial charge in [-0.15, -0.1) is 5.10 Å². The van der Waals surface area contributed by atoms with Gasteiger partial charge < -0.3 is 5.11 Å². The molecule has 3 rings (SSSR count). The normalized spacial score (nSPS) is 10.4. The molecule has 0 spiro atoms. The highest BCUT2D eigenvalue weighted by atomic mass is 16.4. The third-order valence-corrected chi connectivity index (χ3v) is 3.36. The Bertz CT molecular complexity index is 842. The zero-order chi connectivity index (χ0) is 16.2. The van der Waals surface area contributed by atoms with Crippen LogP contribution in [0.15, 0.2) is 48.8 Å². The van der Waals surface area contributed by atoms with E-state index in [2.05, 4.69) is 15.3 Å². The lowest BCUT2D eigenvalue weighted by atomic mass is 10.1. The maximum atomic E-state index is 11.2. The largest absolute Gasteiger partial charge is 0.478 e. The molecular weight excluding hydrogens is 296 g/mol. The fraction of sp³-hybridized carbons (Fsp3) is 0.0625. The quantitative estimate of drug-likeness (QED) is 0.723. The number of rotatable bonds is 5. The molecule has 2 aromatic heterocycles. The Balaban J connectivity index is 1.96. The molecule has 0 saturated carbocycles. The lowest BCUT2D eigenvalue weighted by Crippen LogP contribution is -2.05. The van der Waals surface area contributed by atoms with Gasteiger partial charge in [-0.1, -0.05) is 17.3 Å². The zero-order valence-corrected chi connectivity index (χ0v) is 12.0. The average molecular weight is 308 g/mol. The summed E-state index contributed by atoms with van der Waals surface area (Å²) >= 11 is 0. The Kier molecular flexibility index (Phi) is 3.92. The molecule has 0 aliphatic rings. The highest BCUT2D eigenvalue weighted by molar-refractivity contribution is 5.87. The molecule has 0 unspecified atom stereocenters. The van der Waals surface area contributed by atoms with Gasteiger partial charge in [0.1, 0.15) is 0 Å². The standard InChI is InChI=1S/C16H12N4O3/c21-10-14-15(12-5-7-17-8-6-12)20(19-18-14)9-11-1-3-13(4-2-11)16(22)23/h1-8,10H,9H2,(H,22,23). The van der Waals surface area contributed by atoms with Crippen LogP contribution < -0.4 is 0 Å². The molecule has 7 heteroatoms. The molecule has 0 bridgehead atoms. The molecule has 0 saturated heterocycles. The van der Waals surface area contributed by atoms with Crippen molar-refractivity contribution in [1.82, 2.24) is 20.0 Å². The summed E-state index contributed by atoms with van der Waals surface area (Å²) < 4.78 is 1.61. The Labute approximate surface area is 131 Å². The molecule has 114 valence electrons. The van der Waals surface area contributed by atoms with Gasteiger partial charge in [-0.3, -0.25) is 9.78 Å². The summed E-state index contributed by atoms with van der Waals surface area (Å²) in [6, 6.07) is 10.0. The van der Waals surface area contributed by atoms with Crippen molar-refractivity contribution in [3.8, 4) is 11.3 Å². The van der Waals surface area contributed by atoms with E-state index in [1.54, 1.807) is 41.3 Å². The monoisotopic (exact) mass is 308 g/mol. The number of carbonyl (C=O) groups excluding carboxylic acids is 1. The molecular formula is C16H12N4O3. The first-order chi connectivity index (χ1) is 11.2. The number of carboxylic acid groups (broad SMARTS) is 1. The summed E-state index contributed by atoms with van der Waals surface area (Å²) in [6.45, 7) is 0.373. The van der Waals surface area contributed by atoms with E-state index in [4.69, 9.17) is 5.11 Å². The summed E-state index contributed by atoms with van der Waals surface area (Å²) in [4.78, 5) is 26.0. The molecule has 0 amide bonds. The van der Waals surface area contributed by atoms with Crippen LogP contribution >= 0.6 is 0 Å². The Morgan fingerprint density at radius 1 is 1.13 bits per heavy atom. The van der Waals surface area contributed by atoms with Gasteiger partial charge in [-0.2, -0.15) is 0 Å². The maximum Gasteiger partial charge on any atom is 0.335 e. The van der Waals surface area contributed by atoms with Crippen LogP contribution in [0.2, 0.25) is 0 Å². The highest BCUT2D eigenvalue weighted by Gasteiger charge is 2.14. The molecule has 1 aromatic carbocycles. The predicted molar refractivity (Wildman–Crippen MR) is 81.1 cm³/mol. The Morgan fingerprint density at radius 2 is 1.83 bits per heavy atom. The van der Waals surface area contributed by atoms with E-state index in [0.29, 0.717) is 18.5 Å². The number of nitrogens with zero attached hydrogens (tertiary/aromatic N) is 4. The van der Waals surface area contributed by atoms with Crippen molar-refractivity contribution in [3.05, 3.63) is 65.6 Å². The topological polar surface area (TPSA) is 98.0 Å². The molecule has 23 heavy (non-hydrogen) atoms. The number of aromatic carboxylic acids is 1. The minimum atomic E-state index is -0.974. The number of carboxylic acids is 1. The fourth-order valence-electron chi connectivity index (χ4n) is 2.25. The number of hydrogen-bond acceptors (Lipinski definition) is 5. The van der Waals surface area contributed by atoms with E-state index in [0.717, 1.165) is 11.1 Å². The molecule has 1 N–H and O–H groups in total. The Morgan fingerprint density at radius 3 is 2.43 bits per heavy atom. The van der Waals surface area contributed by atoms with E-state index in [9.17, 15) is 9.59 Å². The summed E-state index contributed by atoms with van der Waals surface area (Å²) in [7, 11) is 0. The molecule has 0 aliphatic carbocycles. The van der Waals surface area contributed by atoms with Crippen molar-refractivity contribution in [1.29, 1.82) is 0 Å². The number of benzene rings is 1. The van der Waals surface area contributed by atoms with Gasteiger partial charge in [-0.05, 0) is 29.8 Å². The number of pyridine rings is 1. The third-order valence-electron chi connectivity index (χ3n) is 3.36. The third kappa shape index (κ3) is 2.98. The first-order valence-electron chi connectivity index (χ1n) is 6.80. The highest BCUT2D eigenvalue weighted by Crippen LogP contribution is 2.21. The minimum absolute atomic E-state index is 0.218. The van der Waals surface area contributed by atoms with E-state index in [1.165, 1.54) is 12.1 Å². The van der Waals surface area contributed by atoms with E-state index in [1.807, 2.05) is 0 Å². The van der Waals surface area contributed by atoms with Crippen molar-refractivity contribution in [2.75, 3.05) is 0 Å². The van der Waals surface area contributed by atoms with Crippen LogP contribution in [0.25, 0.3) is 11.3 Å². The SMILES string of the molecule is O=Cc1nnn(Cc2ccc(C(=O)O)cc2)c1-c1ccncc1. The summed E-state index contributed by atoms with van der Waals surface area (Å²) in [5, 5.41) is 16.8. The van der Waals surface area contributed by atoms with Gasteiger partial charge >= 0.3 is 5.97 Å². The molecule has 3 aromatic rings. The van der Waals surface area contributed by atoms with Crippen molar-refractivity contribution in [3.63, 3.8) is 0 Å². The first kappa shape index (κ1) is 14.6. The van der Waals surface area contributed by atoms with Crippen molar-refractivity contribution < 1.29 is 14.7 Å². The summed E-state index contributed by atoms with van der Waals surface area (Å²) in [6.07, 6.45) is 3.92. The van der Waals surface area contributed by atoms with Gasteiger partial charge in [0.2, 0.25) is 0 Å². The second-order valence-electron chi connectivity index (χ2n) is 4.84. The van der Waals surface area contributed by atoms with Crippen LogP contribution in [-0.4, -0.2) is 37.3 Å². The van der Waals surface area contributed by atoms with Crippen molar-refractivity contribution in [2.45, 2.75) is 6.54 Å². The molecule has 0 atom stereocenters. The number of aromatic nitrogens is 4. The number of carbonyl (C=O) groups is 2. The van der Waals surface area contributed by atoms with Gasteiger partial charge in [-0.25, -0.2) is 9.48 Å². The van der Waals surface area contributed by atoms with Crippen LogP contribution in [0.4, 0.5) is 0 Å². The van der Waals surface area contributed by atoms with Gasteiger partial charge in [0.05, 0.1) is 17.8 Å². The van der Waals surface area contributed by atoms with Crippen LogP contribution in [0, 0.1) is 0 Å². The van der Waals surface area contributed by atoms with Crippen molar-refractivity contribution in [2.24, 2.45) is 0 Å². The second-order valence-corrected chi connectivity index (χ2v) is 4.84. The smallest absolute Gasteiger partial charge is 0.335 e. The number of aldehydes is 1. The van der Waals surface area contributed by atoms with E-state index in [-0.39, 0.29) is 11.3 Å². The fourth-order valence-corrected chi connectivity index (χ4v) is 2.25. The van der Waals surface area contributed by atoms with Crippen LogP contribution in [0.1, 0.15) is 26.4 Å². The van der Waals surface area contributed by atoms with Crippen LogP contribution in [0.3, 0.4) is 0 Å². The van der Waals surface area contributed by atoms with E-state index >= 15 is 0 Å². The number of hydrogen-bond donors (Lipinski definition) is 1. The minimum Gasteiger partial charge on any atom is -0.478 e. The second kappa shape index (κ2) is 6.18.